The second-order valence-corrected chi connectivity index (χ2v) is 5.75. The molecule has 0 saturated carbocycles. The van der Waals surface area contributed by atoms with E-state index in [0.717, 1.165) is 16.5 Å². The number of carbonyl (C=O) groups is 2. The van der Waals surface area contributed by atoms with Crippen LogP contribution in [0, 0.1) is 0 Å². The molecule has 1 aromatic heterocycles. The Morgan fingerprint density at radius 3 is 2.58 bits per heavy atom. The summed E-state index contributed by atoms with van der Waals surface area (Å²) < 4.78 is 1.96. The topological polar surface area (TPSA) is 71.3 Å². The molecule has 2 aromatic carbocycles. The molecule has 1 atom stereocenters. The number of rotatable bonds is 5. The molecule has 5 heteroatoms. The first kappa shape index (κ1) is 15.8. The lowest BCUT2D eigenvalue weighted by molar-refractivity contribution is -0.139. The zero-order valence-electron chi connectivity index (χ0n) is 13.3. The van der Waals surface area contributed by atoms with Gasteiger partial charge in [-0.2, -0.15) is 0 Å². The number of carbonyl (C=O) groups excluding carboxylic acids is 1. The van der Waals surface area contributed by atoms with Gasteiger partial charge in [0.05, 0.1) is 0 Å². The number of amides is 1. The fourth-order valence-corrected chi connectivity index (χ4v) is 2.71. The fourth-order valence-electron chi connectivity index (χ4n) is 2.71. The Morgan fingerprint density at radius 1 is 1.12 bits per heavy atom. The molecule has 1 heterocycles. The normalized spacial score (nSPS) is 12.0. The molecule has 0 aliphatic rings. The van der Waals surface area contributed by atoms with E-state index in [2.05, 4.69) is 5.32 Å². The highest BCUT2D eigenvalue weighted by molar-refractivity contribution is 5.99. The smallest absolute Gasteiger partial charge is 0.326 e. The summed E-state index contributed by atoms with van der Waals surface area (Å²) in [7, 11) is 1.93. The second kappa shape index (κ2) is 6.58. The average Bonchev–Trinajstić information content (AvgIpc) is 2.95. The van der Waals surface area contributed by atoms with Gasteiger partial charge in [0.25, 0.3) is 5.91 Å². The first-order chi connectivity index (χ1) is 11.5. The van der Waals surface area contributed by atoms with Crippen molar-refractivity contribution in [3.63, 3.8) is 0 Å². The standard InChI is InChI=1S/C19H18N2O3/c1-21-10-9-14-12-15(7-8-17(14)21)18(22)20-16(19(23)24)11-13-5-3-2-4-6-13/h2-10,12,16H,11H2,1H3,(H,20,22)(H,23,24)/t16-/m0/s1. The van der Waals surface area contributed by atoms with Gasteiger partial charge in [-0.05, 0) is 29.8 Å². The monoisotopic (exact) mass is 322 g/mol. The van der Waals surface area contributed by atoms with E-state index in [1.807, 2.05) is 60.3 Å². The maximum Gasteiger partial charge on any atom is 0.326 e. The number of carboxylic acids is 1. The molecule has 3 aromatic rings. The summed E-state index contributed by atoms with van der Waals surface area (Å²) in [6, 6.07) is 15.5. The van der Waals surface area contributed by atoms with Gasteiger partial charge in [-0.3, -0.25) is 4.79 Å². The summed E-state index contributed by atoms with van der Waals surface area (Å²) in [5.74, 6) is -1.43. The van der Waals surface area contributed by atoms with Gasteiger partial charge in [0.1, 0.15) is 6.04 Å². The third-order valence-electron chi connectivity index (χ3n) is 4.03. The van der Waals surface area contributed by atoms with Crippen molar-refractivity contribution < 1.29 is 14.7 Å². The number of nitrogens with one attached hydrogen (secondary N) is 1. The van der Waals surface area contributed by atoms with E-state index in [0.29, 0.717) is 5.56 Å². The maximum absolute atomic E-state index is 12.4. The highest BCUT2D eigenvalue weighted by Gasteiger charge is 2.21. The number of hydrogen-bond acceptors (Lipinski definition) is 2. The Morgan fingerprint density at radius 2 is 1.88 bits per heavy atom. The van der Waals surface area contributed by atoms with Crippen LogP contribution in [0.3, 0.4) is 0 Å². The van der Waals surface area contributed by atoms with E-state index >= 15 is 0 Å². The molecular weight excluding hydrogens is 304 g/mol. The maximum atomic E-state index is 12.4. The molecule has 0 aliphatic heterocycles. The number of hydrogen-bond donors (Lipinski definition) is 2. The molecule has 0 bridgehead atoms. The molecule has 2 N–H and O–H groups in total. The van der Waals surface area contributed by atoms with Gasteiger partial charge in [0.2, 0.25) is 0 Å². The Balaban J connectivity index is 1.78. The van der Waals surface area contributed by atoms with Gasteiger partial charge in [-0.15, -0.1) is 0 Å². The van der Waals surface area contributed by atoms with E-state index in [4.69, 9.17) is 0 Å². The molecule has 24 heavy (non-hydrogen) atoms. The number of fused-ring (bicyclic) bond motifs is 1. The van der Waals surface area contributed by atoms with Crippen LogP contribution in [0.25, 0.3) is 10.9 Å². The number of benzene rings is 2. The molecule has 3 rings (SSSR count). The highest BCUT2D eigenvalue weighted by atomic mass is 16.4. The van der Waals surface area contributed by atoms with Crippen molar-refractivity contribution in [3.05, 3.63) is 71.9 Å². The van der Waals surface area contributed by atoms with Crippen LogP contribution in [0.15, 0.2) is 60.8 Å². The summed E-state index contributed by atoms with van der Waals surface area (Å²) in [4.78, 5) is 23.9. The van der Waals surface area contributed by atoms with Crippen molar-refractivity contribution >= 4 is 22.8 Å². The van der Waals surface area contributed by atoms with Gasteiger partial charge in [0.15, 0.2) is 0 Å². The first-order valence-corrected chi connectivity index (χ1v) is 7.67. The summed E-state index contributed by atoms with van der Waals surface area (Å²) >= 11 is 0. The van der Waals surface area contributed by atoms with Crippen LogP contribution in [0.5, 0.6) is 0 Å². The van der Waals surface area contributed by atoms with Crippen LogP contribution < -0.4 is 5.32 Å². The lowest BCUT2D eigenvalue weighted by Crippen LogP contribution is -2.42. The largest absolute Gasteiger partial charge is 0.480 e. The molecular formula is C19H18N2O3. The first-order valence-electron chi connectivity index (χ1n) is 7.67. The zero-order valence-corrected chi connectivity index (χ0v) is 13.3. The molecule has 122 valence electrons. The molecule has 0 spiro atoms. The number of aromatic nitrogens is 1. The molecule has 0 unspecified atom stereocenters. The van der Waals surface area contributed by atoms with E-state index in [-0.39, 0.29) is 12.3 Å². The highest BCUT2D eigenvalue weighted by Crippen LogP contribution is 2.17. The minimum Gasteiger partial charge on any atom is -0.480 e. The van der Waals surface area contributed by atoms with Crippen LogP contribution in [-0.4, -0.2) is 27.6 Å². The number of carboxylic acid groups (broad SMARTS) is 1. The molecule has 1 amide bonds. The van der Waals surface area contributed by atoms with E-state index < -0.39 is 12.0 Å². The van der Waals surface area contributed by atoms with E-state index in [9.17, 15) is 14.7 Å². The van der Waals surface area contributed by atoms with Crippen molar-refractivity contribution in [2.45, 2.75) is 12.5 Å². The third kappa shape index (κ3) is 3.30. The quantitative estimate of drug-likeness (QED) is 0.758. The van der Waals surface area contributed by atoms with Crippen LogP contribution in [-0.2, 0) is 18.3 Å². The average molecular weight is 322 g/mol. The Bertz CT molecular complexity index is 884. The molecule has 5 nitrogen and oxygen atoms in total. The van der Waals surface area contributed by atoms with Gasteiger partial charge in [-0.1, -0.05) is 30.3 Å². The Labute approximate surface area is 139 Å². The van der Waals surface area contributed by atoms with Gasteiger partial charge in [0, 0.05) is 36.1 Å². The second-order valence-electron chi connectivity index (χ2n) is 5.75. The zero-order chi connectivity index (χ0) is 17.1. The third-order valence-corrected chi connectivity index (χ3v) is 4.03. The molecule has 0 fully saturated rings. The van der Waals surface area contributed by atoms with Crippen molar-refractivity contribution in [2.75, 3.05) is 0 Å². The number of aryl methyl sites for hydroxylation is 1. The Hall–Kier alpha value is -3.08. The van der Waals surface area contributed by atoms with Crippen molar-refractivity contribution in [1.82, 2.24) is 9.88 Å². The summed E-state index contributed by atoms with van der Waals surface area (Å²) in [6.45, 7) is 0. The number of aliphatic carboxylic acids is 1. The van der Waals surface area contributed by atoms with E-state index in [1.165, 1.54) is 0 Å². The van der Waals surface area contributed by atoms with Crippen molar-refractivity contribution in [3.8, 4) is 0 Å². The summed E-state index contributed by atoms with van der Waals surface area (Å²) in [6.07, 6.45) is 2.16. The predicted molar refractivity (Wildman–Crippen MR) is 92.0 cm³/mol. The van der Waals surface area contributed by atoms with Gasteiger partial charge >= 0.3 is 5.97 Å². The van der Waals surface area contributed by atoms with Crippen LogP contribution in [0.4, 0.5) is 0 Å². The lowest BCUT2D eigenvalue weighted by Gasteiger charge is -2.15. The van der Waals surface area contributed by atoms with Crippen molar-refractivity contribution in [2.24, 2.45) is 7.05 Å². The van der Waals surface area contributed by atoms with Crippen LogP contribution in [0.2, 0.25) is 0 Å². The summed E-state index contributed by atoms with van der Waals surface area (Å²) in [5, 5.41) is 12.9. The number of nitrogens with zero attached hydrogens (tertiary/aromatic N) is 1. The van der Waals surface area contributed by atoms with Gasteiger partial charge < -0.3 is 15.0 Å². The van der Waals surface area contributed by atoms with Crippen LogP contribution >= 0.6 is 0 Å². The Kier molecular flexibility index (Phi) is 4.33. The summed E-state index contributed by atoms with van der Waals surface area (Å²) in [5.41, 5.74) is 2.34. The van der Waals surface area contributed by atoms with Crippen molar-refractivity contribution in [1.29, 1.82) is 0 Å². The minimum absolute atomic E-state index is 0.246. The molecule has 0 radical (unpaired) electrons. The van der Waals surface area contributed by atoms with Gasteiger partial charge in [-0.25, -0.2) is 4.79 Å². The fraction of sp³-hybridized carbons (Fsp3) is 0.158. The lowest BCUT2D eigenvalue weighted by atomic mass is 10.1. The molecule has 0 aliphatic carbocycles. The minimum atomic E-state index is -1.05. The molecule has 0 saturated heterocycles. The SMILES string of the molecule is Cn1ccc2cc(C(=O)N[C@@H](Cc3ccccc3)C(=O)O)ccc21. The predicted octanol–water partition coefficient (Wildman–Crippen LogP) is 2.60. The van der Waals surface area contributed by atoms with Crippen LogP contribution in [0.1, 0.15) is 15.9 Å². The van der Waals surface area contributed by atoms with E-state index in [1.54, 1.807) is 12.1 Å².